The highest BCUT2D eigenvalue weighted by molar-refractivity contribution is 5.95. The van der Waals surface area contributed by atoms with Crippen LogP contribution in [0.2, 0.25) is 0 Å². The maximum absolute atomic E-state index is 14.2. The molecule has 0 spiro atoms. The van der Waals surface area contributed by atoms with Gasteiger partial charge < -0.3 is 10.6 Å². The Balaban J connectivity index is 2.00. The number of aromatic nitrogens is 1. The summed E-state index contributed by atoms with van der Waals surface area (Å²) in [5, 5.41) is 5.02. The van der Waals surface area contributed by atoms with Crippen molar-refractivity contribution >= 4 is 23.5 Å². The zero-order chi connectivity index (χ0) is 23.0. The fraction of sp³-hybridized carbons (Fsp3) is 0.350. The van der Waals surface area contributed by atoms with E-state index >= 15 is 0 Å². The molecule has 1 aliphatic rings. The number of nitrogens with zero attached hydrogens (tertiary/aromatic N) is 1. The van der Waals surface area contributed by atoms with Crippen LogP contribution in [0.25, 0.3) is 11.1 Å². The number of nitrogens with one attached hydrogen (secondary N) is 2. The molecule has 31 heavy (non-hydrogen) atoms. The molecule has 0 atom stereocenters. The second kappa shape index (κ2) is 8.20. The lowest BCUT2D eigenvalue weighted by Gasteiger charge is -2.20. The van der Waals surface area contributed by atoms with Crippen LogP contribution in [0.5, 0.6) is 0 Å². The Bertz CT molecular complexity index is 1020. The molecule has 1 aliphatic carbocycles. The third kappa shape index (κ3) is 4.97. The summed E-state index contributed by atoms with van der Waals surface area (Å²) >= 11 is 0. The van der Waals surface area contributed by atoms with Crippen LogP contribution >= 0.6 is 0 Å². The van der Waals surface area contributed by atoms with Crippen LogP contribution in [0.4, 0.5) is 38.0 Å². The number of halogens is 6. The molecule has 0 unspecified atom stereocenters. The molecule has 0 aliphatic heterocycles. The van der Waals surface area contributed by atoms with Crippen molar-refractivity contribution in [3.63, 3.8) is 0 Å². The second-order valence-electron chi connectivity index (χ2n) is 7.06. The Morgan fingerprint density at radius 1 is 1.00 bits per heavy atom. The Labute approximate surface area is 172 Å². The Morgan fingerprint density at radius 2 is 1.61 bits per heavy atom. The van der Waals surface area contributed by atoms with E-state index in [1.54, 1.807) is 6.92 Å². The molecular formula is C20H17F6N3O2. The van der Waals surface area contributed by atoms with Crippen molar-refractivity contribution in [1.29, 1.82) is 0 Å². The number of anilines is 2. The van der Waals surface area contributed by atoms with Crippen LogP contribution in [-0.4, -0.2) is 23.0 Å². The van der Waals surface area contributed by atoms with E-state index in [2.05, 4.69) is 15.6 Å². The number of benzene rings is 1. The van der Waals surface area contributed by atoms with E-state index in [0.717, 1.165) is 6.07 Å². The molecule has 1 heterocycles. The highest BCUT2D eigenvalue weighted by Gasteiger charge is 2.59. The van der Waals surface area contributed by atoms with Crippen LogP contribution < -0.4 is 10.6 Å². The zero-order valence-electron chi connectivity index (χ0n) is 16.1. The average Bonchev–Trinajstić information content (AvgIpc) is 3.51. The topological polar surface area (TPSA) is 71.1 Å². The molecule has 1 saturated carbocycles. The average molecular weight is 445 g/mol. The van der Waals surface area contributed by atoms with Crippen molar-refractivity contribution in [2.24, 2.45) is 5.92 Å². The molecular weight excluding hydrogens is 428 g/mol. The first kappa shape index (κ1) is 22.6. The first-order chi connectivity index (χ1) is 14.4. The van der Waals surface area contributed by atoms with Crippen LogP contribution in [0, 0.1) is 11.7 Å². The summed E-state index contributed by atoms with van der Waals surface area (Å²) in [5.74, 6) is -7.97. The molecule has 166 valence electrons. The van der Waals surface area contributed by atoms with Gasteiger partial charge in [0.2, 0.25) is 11.8 Å². The van der Waals surface area contributed by atoms with Gasteiger partial charge >= 0.3 is 12.1 Å². The van der Waals surface area contributed by atoms with E-state index in [9.17, 15) is 35.9 Å². The number of carbonyl (C=O) groups excluding carboxylic acids is 2. The summed E-state index contributed by atoms with van der Waals surface area (Å²) in [5.41, 5.74) is -1.71. The van der Waals surface area contributed by atoms with Crippen LogP contribution in [0.3, 0.4) is 0 Å². The largest absolute Gasteiger partial charge is 0.458 e. The lowest BCUT2D eigenvalue weighted by atomic mass is 10.0. The quantitative estimate of drug-likeness (QED) is 0.598. The fourth-order valence-electron chi connectivity index (χ4n) is 2.73. The number of alkyl halides is 5. The number of hydrogen-bond donors (Lipinski definition) is 2. The van der Waals surface area contributed by atoms with Crippen molar-refractivity contribution in [3.8, 4) is 11.1 Å². The van der Waals surface area contributed by atoms with Crippen molar-refractivity contribution in [3.05, 3.63) is 41.7 Å². The first-order valence-electron chi connectivity index (χ1n) is 9.30. The summed E-state index contributed by atoms with van der Waals surface area (Å²) in [4.78, 5) is 27.8. The molecule has 1 aromatic carbocycles. The van der Waals surface area contributed by atoms with Gasteiger partial charge in [-0.1, -0.05) is 13.0 Å². The van der Waals surface area contributed by atoms with Crippen LogP contribution in [0.15, 0.2) is 30.3 Å². The zero-order valence-corrected chi connectivity index (χ0v) is 16.1. The number of amides is 2. The molecule has 3 rings (SSSR count). The molecule has 11 heteroatoms. The van der Waals surface area contributed by atoms with Crippen molar-refractivity contribution in [2.75, 3.05) is 10.6 Å². The lowest BCUT2D eigenvalue weighted by molar-refractivity contribution is -0.290. The van der Waals surface area contributed by atoms with E-state index in [1.807, 2.05) is 0 Å². The summed E-state index contributed by atoms with van der Waals surface area (Å²) in [6.07, 6.45) is -4.41. The van der Waals surface area contributed by atoms with E-state index in [1.165, 1.54) is 12.1 Å². The third-order valence-electron chi connectivity index (χ3n) is 4.61. The molecule has 2 N–H and O–H groups in total. The predicted octanol–water partition coefficient (Wildman–Crippen LogP) is 5.24. The van der Waals surface area contributed by atoms with E-state index in [4.69, 9.17) is 0 Å². The highest BCUT2D eigenvalue weighted by Crippen LogP contribution is 2.45. The first-order valence-corrected chi connectivity index (χ1v) is 9.30. The number of pyridine rings is 1. The summed E-state index contributed by atoms with van der Waals surface area (Å²) in [7, 11) is 0. The Morgan fingerprint density at radius 3 is 2.13 bits per heavy atom. The SMILES string of the molecule is CCC(=O)Nc1cc(-c2ccc(C(F)(F)C(F)(F)F)c(F)c2)cc(NC(=O)C2CC2)n1. The molecule has 1 fully saturated rings. The Hall–Kier alpha value is -3.11. The van der Waals surface area contributed by atoms with Gasteiger partial charge in [-0.3, -0.25) is 9.59 Å². The van der Waals surface area contributed by atoms with Gasteiger partial charge in [-0.2, -0.15) is 22.0 Å². The minimum atomic E-state index is -5.95. The minimum Gasteiger partial charge on any atom is -0.311 e. The lowest BCUT2D eigenvalue weighted by Crippen LogP contribution is -2.34. The minimum absolute atomic E-state index is 0.000512. The van der Waals surface area contributed by atoms with Gasteiger partial charge in [0, 0.05) is 12.3 Å². The fourth-order valence-corrected chi connectivity index (χ4v) is 2.73. The molecule has 1 aromatic heterocycles. The van der Waals surface area contributed by atoms with Gasteiger partial charge in [0.15, 0.2) is 0 Å². The summed E-state index contributed by atoms with van der Waals surface area (Å²) in [6, 6.07) is 4.37. The monoisotopic (exact) mass is 445 g/mol. The van der Waals surface area contributed by atoms with Gasteiger partial charge in [-0.05, 0) is 48.2 Å². The number of carbonyl (C=O) groups is 2. The maximum Gasteiger partial charge on any atom is 0.458 e. The third-order valence-corrected chi connectivity index (χ3v) is 4.61. The number of hydrogen-bond acceptors (Lipinski definition) is 3. The normalized spacial score (nSPS) is 14.3. The van der Waals surface area contributed by atoms with Gasteiger partial charge in [-0.25, -0.2) is 9.37 Å². The predicted molar refractivity (Wildman–Crippen MR) is 99.9 cm³/mol. The maximum atomic E-state index is 14.2. The van der Waals surface area contributed by atoms with Crippen LogP contribution in [0.1, 0.15) is 31.7 Å². The number of rotatable bonds is 6. The van der Waals surface area contributed by atoms with E-state index in [0.29, 0.717) is 25.0 Å². The molecule has 0 radical (unpaired) electrons. The van der Waals surface area contributed by atoms with Gasteiger partial charge in [0.05, 0.1) is 5.56 Å². The second-order valence-corrected chi connectivity index (χ2v) is 7.06. The summed E-state index contributed by atoms with van der Waals surface area (Å²) in [6.45, 7) is 1.59. The van der Waals surface area contributed by atoms with Gasteiger partial charge in [-0.15, -0.1) is 0 Å². The molecule has 5 nitrogen and oxygen atoms in total. The van der Waals surface area contributed by atoms with Gasteiger partial charge in [0.25, 0.3) is 0 Å². The molecule has 0 bridgehead atoms. The van der Waals surface area contributed by atoms with E-state index in [-0.39, 0.29) is 41.0 Å². The smallest absolute Gasteiger partial charge is 0.311 e. The molecule has 2 aromatic rings. The standard InChI is InChI=1S/C20H17F6N3O2/c1-2-17(30)28-15-8-12(9-16(27-15)29-18(31)10-3-4-10)11-5-6-13(14(21)7-11)19(22,23)20(24,25)26/h5-10H,2-4H2,1H3,(H2,27,28,29,30,31). The van der Waals surface area contributed by atoms with E-state index < -0.39 is 29.4 Å². The van der Waals surface area contributed by atoms with Crippen molar-refractivity contribution < 1.29 is 35.9 Å². The Kier molecular flexibility index (Phi) is 5.97. The summed E-state index contributed by atoms with van der Waals surface area (Å²) < 4.78 is 79.0. The molecule has 0 saturated heterocycles. The van der Waals surface area contributed by atoms with Crippen molar-refractivity contribution in [1.82, 2.24) is 4.98 Å². The van der Waals surface area contributed by atoms with Gasteiger partial charge in [0.1, 0.15) is 17.5 Å². The van der Waals surface area contributed by atoms with Crippen LogP contribution in [-0.2, 0) is 15.5 Å². The highest BCUT2D eigenvalue weighted by atomic mass is 19.4. The van der Waals surface area contributed by atoms with Crippen molar-refractivity contribution in [2.45, 2.75) is 38.3 Å². The molecule has 2 amide bonds.